The van der Waals surface area contributed by atoms with Crippen LogP contribution in [0, 0.1) is 6.07 Å². The molecule has 2 heterocycles. The zero-order chi connectivity index (χ0) is 27.8. The number of hydrogen-bond acceptors (Lipinski definition) is 3. The van der Waals surface area contributed by atoms with Gasteiger partial charge in [0.1, 0.15) is 5.75 Å². The molecule has 0 fully saturated rings. The predicted octanol–water partition coefficient (Wildman–Crippen LogP) is 8.86. The molecule has 2 aromatic heterocycles. The maximum Gasteiger partial charge on any atom is 0.124 e. The molecule has 3 aromatic carbocycles. The van der Waals surface area contributed by atoms with Crippen LogP contribution in [0.1, 0.15) is 52.7 Å². The van der Waals surface area contributed by atoms with Crippen molar-refractivity contribution < 1.29 is 26.2 Å². The van der Waals surface area contributed by atoms with Crippen LogP contribution in [-0.2, 0) is 31.9 Å². The second kappa shape index (κ2) is 12.6. The first-order chi connectivity index (χ1) is 18.5. The van der Waals surface area contributed by atoms with Crippen LogP contribution < -0.4 is 0 Å². The fourth-order valence-electron chi connectivity index (χ4n) is 4.61. The summed E-state index contributed by atoms with van der Waals surface area (Å²) in [5.41, 5.74) is 9.61. The van der Waals surface area contributed by atoms with Gasteiger partial charge in [0.15, 0.2) is 0 Å². The van der Waals surface area contributed by atoms with E-state index in [-0.39, 0.29) is 46.1 Å². The summed E-state index contributed by atoms with van der Waals surface area (Å²) in [6.07, 6.45) is 1.79. The van der Waals surface area contributed by atoms with E-state index in [4.69, 9.17) is 4.98 Å². The van der Waals surface area contributed by atoms with Gasteiger partial charge in [-0.1, -0.05) is 101 Å². The Morgan fingerprint density at radius 3 is 1.76 bits per heavy atom. The van der Waals surface area contributed by atoms with E-state index < -0.39 is 0 Å². The Hall–Kier alpha value is -3.49. The zero-order valence-corrected chi connectivity index (χ0v) is 26.7. The third-order valence-corrected chi connectivity index (χ3v) is 7.02. The largest absolute Gasteiger partial charge is 0.507 e. The fourth-order valence-corrected chi connectivity index (χ4v) is 4.61. The Morgan fingerprint density at radius 1 is 0.610 bits per heavy atom. The fraction of sp³-hybridized carbons (Fsp3) is 0.222. The molecule has 0 aliphatic carbocycles. The van der Waals surface area contributed by atoms with Gasteiger partial charge < -0.3 is 5.11 Å². The number of phenols is 1. The quantitative estimate of drug-likeness (QED) is 0.149. The predicted molar refractivity (Wildman–Crippen MR) is 167 cm³/mol. The number of aromatic hydroxyl groups is 1. The number of benzene rings is 3. The minimum Gasteiger partial charge on any atom is -0.507 e. The summed E-state index contributed by atoms with van der Waals surface area (Å²) < 4.78 is 0. The number of para-hydroxylation sites is 1. The van der Waals surface area contributed by atoms with E-state index in [1.54, 1.807) is 12.3 Å². The van der Waals surface area contributed by atoms with Gasteiger partial charge in [-0.3, -0.25) is 9.97 Å². The molecule has 0 aliphatic rings. The van der Waals surface area contributed by atoms with Gasteiger partial charge in [-0.15, -0.1) is 24.3 Å². The monoisotopic (exact) mass is 717 g/mol. The summed E-state index contributed by atoms with van der Waals surface area (Å²) >= 11 is 0. The zero-order valence-electron chi connectivity index (χ0n) is 24.5. The maximum atomic E-state index is 10.7. The summed E-state index contributed by atoms with van der Waals surface area (Å²) in [5.74, 6) is 0.207. The number of phenolic OH excluding ortho intramolecular Hbond substituents is 1. The van der Waals surface area contributed by atoms with Crippen LogP contribution in [0.3, 0.4) is 0 Å². The van der Waals surface area contributed by atoms with Crippen molar-refractivity contribution in [2.45, 2.75) is 52.4 Å². The average Bonchev–Trinajstić information content (AvgIpc) is 2.92. The first-order valence-electron chi connectivity index (χ1n) is 13.4. The number of hydrogen-bond donors (Lipinski definition) is 1. The van der Waals surface area contributed by atoms with Crippen LogP contribution in [0.5, 0.6) is 5.75 Å². The molecule has 5 rings (SSSR count). The van der Waals surface area contributed by atoms with Crippen LogP contribution >= 0.6 is 0 Å². The van der Waals surface area contributed by atoms with E-state index in [1.807, 2.05) is 54.6 Å². The molecule has 0 bridgehead atoms. The van der Waals surface area contributed by atoms with Gasteiger partial charge in [0.2, 0.25) is 0 Å². The first kappa shape index (κ1) is 32.0. The van der Waals surface area contributed by atoms with Gasteiger partial charge in [0.25, 0.3) is 0 Å². The standard InChI is InChI=1S/C36H35N2O.B.Pt/c1-35(2,3)28-19-26(20-29(23-28)36(4,5)6)27-21-32(38-33(22-27)30-14-7-8-16-34(30)39)25-13-11-12-24(18-25)31-15-9-10-17-37-31;;/h7-17,19-23,39H,1-6H3;;/q-1;;. The van der Waals surface area contributed by atoms with Crippen LogP contribution in [0.4, 0.5) is 0 Å². The molecule has 209 valence electrons. The van der Waals surface area contributed by atoms with E-state index in [2.05, 4.69) is 82.9 Å². The minimum absolute atomic E-state index is 0. The molecule has 5 heteroatoms. The van der Waals surface area contributed by atoms with Gasteiger partial charge >= 0.3 is 0 Å². The second-order valence-electron chi connectivity index (χ2n) is 12.1. The molecule has 0 aliphatic heterocycles. The van der Waals surface area contributed by atoms with Crippen molar-refractivity contribution in [3.05, 3.63) is 114 Å². The van der Waals surface area contributed by atoms with Gasteiger partial charge in [-0.25, -0.2) is 0 Å². The van der Waals surface area contributed by atoms with E-state index >= 15 is 0 Å². The summed E-state index contributed by atoms with van der Waals surface area (Å²) in [5, 5.41) is 10.7. The molecule has 0 spiro atoms. The molecule has 0 atom stereocenters. The summed E-state index contributed by atoms with van der Waals surface area (Å²) in [7, 11) is 0. The van der Waals surface area contributed by atoms with Crippen LogP contribution in [0.2, 0.25) is 0 Å². The van der Waals surface area contributed by atoms with E-state index in [0.717, 1.165) is 39.3 Å². The Balaban J connectivity index is 0.00000231. The molecular formula is C36H35BN2OPt-. The molecule has 0 amide bonds. The first-order valence-corrected chi connectivity index (χ1v) is 13.4. The third-order valence-electron chi connectivity index (χ3n) is 7.02. The Morgan fingerprint density at radius 2 is 1.17 bits per heavy atom. The van der Waals surface area contributed by atoms with Crippen molar-refractivity contribution in [1.29, 1.82) is 0 Å². The van der Waals surface area contributed by atoms with Crippen molar-refractivity contribution in [2.24, 2.45) is 0 Å². The Labute approximate surface area is 261 Å². The molecule has 3 nitrogen and oxygen atoms in total. The van der Waals surface area contributed by atoms with Crippen molar-refractivity contribution in [1.82, 2.24) is 9.97 Å². The SMILES string of the molecule is CC(C)(C)c1cc(-c2cc(-c3[c-]c(-c4ccccn4)ccc3)nc(-c3ccccc3O)c2)cc(C(C)(C)C)c1.[B].[Pt]. The van der Waals surface area contributed by atoms with Gasteiger partial charge in [-0.2, -0.15) is 0 Å². The molecule has 0 saturated carbocycles. The Bertz CT molecular complexity index is 1600. The van der Waals surface area contributed by atoms with E-state index in [0.29, 0.717) is 5.56 Å². The molecule has 1 N–H and O–H groups in total. The van der Waals surface area contributed by atoms with E-state index in [1.165, 1.54) is 11.1 Å². The number of aromatic nitrogens is 2. The van der Waals surface area contributed by atoms with Crippen LogP contribution in [0.25, 0.3) is 44.9 Å². The number of pyridine rings is 2. The van der Waals surface area contributed by atoms with Gasteiger partial charge in [0.05, 0.1) is 5.69 Å². The van der Waals surface area contributed by atoms with Crippen molar-refractivity contribution in [3.63, 3.8) is 0 Å². The van der Waals surface area contributed by atoms with Gasteiger partial charge in [-0.05, 0) is 57.3 Å². The maximum absolute atomic E-state index is 10.7. The number of nitrogens with zero attached hydrogens (tertiary/aromatic N) is 2. The summed E-state index contributed by atoms with van der Waals surface area (Å²) in [4.78, 5) is 9.53. The Kier molecular flexibility index (Phi) is 9.83. The summed E-state index contributed by atoms with van der Waals surface area (Å²) in [6.45, 7) is 13.5. The minimum atomic E-state index is -0.00279. The molecule has 0 saturated heterocycles. The second-order valence-corrected chi connectivity index (χ2v) is 12.1. The smallest absolute Gasteiger partial charge is 0.124 e. The van der Waals surface area contributed by atoms with Crippen molar-refractivity contribution in [3.8, 4) is 50.6 Å². The van der Waals surface area contributed by atoms with Crippen LogP contribution in [-0.4, -0.2) is 23.5 Å². The molecule has 41 heavy (non-hydrogen) atoms. The number of rotatable bonds is 4. The topological polar surface area (TPSA) is 46.0 Å². The third kappa shape index (κ3) is 7.24. The average molecular weight is 718 g/mol. The molecule has 3 radical (unpaired) electrons. The van der Waals surface area contributed by atoms with Crippen LogP contribution in [0.15, 0.2) is 97.2 Å². The van der Waals surface area contributed by atoms with Crippen molar-refractivity contribution >= 4 is 8.41 Å². The van der Waals surface area contributed by atoms with E-state index in [9.17, 15) is 5.11 Å². The summed E-state index contributed by atoms with van der Waals surface area (Å²) in [6, 6.07) is 34.0. The molecule has 0 unspecified atom stereocenters. The molecular weight excluding hydrogens is 682 g/mol. The normalized spacial score (nSPS) is 11.4. The molecule has 5 aromatic rings. The van der Waals surface area contributed by atoms with Gasteiger partial charge in [0, 0.05) is 52.6 Å². The van der Waals surface area contributed by atoms with Crippen molar-refractivity contribution in [2.75, 3.05) is 0 Å².